The maximum Gasteiger partial charge on any atom is 0.234 e. The lowest BCUT2D eigenvalue weighted by molar-refractivity contribution is -0.123. The Morgan fingerprint density at radius 2 is 2.09 bits per heavy atom. The van der Waals surface area contributed by atoms with Crippen molar-refractivity contribution in [2.75, 3.05) is 26.2 Å². The van der Waals surface area contributed by atoms with E-state index < -0.39 is 0 Å². The number of rotatable bonds is 6. The van der Waals surface area contributed by atoms with Crippen LogP contribution in [0.2, 0.25) is 0 Å². The number of amides is 1. The van der Waals surface area contributed by atoms with Crippen LogP contribution in [0.25, 0.3) is 0 Å². The molecule has 1 fully saturated rings. The molecule has 2 rings (SSSR count). The lowest BCUT2D eigenvalue weighted by Gasteiger charge is -2.37. The van der Waals surface area contributed by atoms with Gasteiger partial charge in [0, 0.05) is 19.6 Å². The van der Waals surface area contributed by atoms with Gasteiger partial charge >= 0.3 is 0 Å². The van der Waals surface area contributed by atoms with Crippen molar-refractivity contribution in [2.24, 2.45) is 5.73 Å². The van der Waals surface area contributed by atoms with Crippen molar-refractivity contribution >= 4 is 30.7 Å². The molecule has 5 nitrogen and oxygen atoms in total. The molecule has 0 spiro atoms. The molecule has 3 N–H and O–H groups in total. The highest BCUT2D eigenvalue weighted by molar-refractivity contribution is 5.85. The molecular weight excluding hydrogens is 337 g/mol. The number of nitrogens with zero attached hydrogens (tertiary/aromatic N) is 1. The highest BCUT2D eigenvalue weighted by Gasteiger charge is 2.27. The summed E-state index contributed by atoms with van der Waals surface area (Å²) in [6.07, 6.45) is 0.873. The standard InChI is InChI=1S/C16H25N3O2.2ClH/c1-2-14(18-16(20)10-17)15-12-19(8-9-21-15)11-13-6-4-3-5-7-13;;/h3-7,14-15H,2,8-12,17H2,1H3,(H,18,20);2*1H. The number of morpholine rings is 1. The fourth-order valence-electron chi connectivity index (χ4n) is 2.68. The molecular formula is C16H27Cl2N3O2. The second kappa shape index (κ2) is 11.6. The van der Waals surface area contributed by atoms with Gasteiger partial charge in [0.2, 0.25) is 5.91 Å². The quantitative estimate of drug-likeness (QED) is 0.805. The lowest BCUT2D eigenvalue weighted by atomic mass is 10.1. The van der Waals surface area contributed by atoms with Gasteiger partial charge in [-0.1, -0.05) is 37.3 Å². The van der Waals surface area contributed by atoms with E-state index in [4.69, 9.17) is 10.5 Å². The fourth-order valence-corrected chi connectivity index (χ4v) is 2.68. The van der Waals surface area contributed by atoms with Crippen molar-refractivity contribution < 1.29 is 9.53 Å². The first-order chi connectivity index (χ1) is 10.2. The summed E-state index contributed by atoms with van der Waals surface area (Å²) < 4.78 is 5.85. The van der Waals surface area contributed by atoms with Gasteiger partial charge in [0.1, 0.15) is 0 Å². The van der Waals surface area contributed by atoms with Gasteiger partial charge in [-0.2, -0.15) is 0 Å². The van der Waals surface area contributed by atoms with Crippen molar-refractivity contribution in [3.63, 3.8) is 0 Å². The van der Waals surface area contributed by atoms with Gasteiger partial charge in [-0.05, 0) is 12.0 Å². The Bertz CT molecular complexity index is 448. The first kappa shape index (κ1) is 22.1. The van der Waals surface area contributed by atoms with Crippen molar-refractivity contribution in [3.8, 4) is 0 Å². The third-order valence-corrected chi connectivity index (χ3v) is 3.85. The van der Waals surface area contributed by atoms with Gasteiger partial charge in [0.05, 0.1) is 25.3 Å². The molecule has 1 amide bonds. The normalized spacial score (nSPS) is 19.1. The third kappa shape index (κ3) is 7.06. The SMILES string of the molecule is CCC(NC(=O)CN)C1CN(Cc2ccccc2)CCO1.Cl.Cl. The summed E-state index contributed by atoms with van der Waals surface area (Å²) in [4.78, 5) is 13.9. The van der Waals surface area contributed by atoms with Crippen molar-refractivity contribution in [1.82, 2.24) is 10.2 Å². The molecule has 1 heterocycles. The molecule has 0 aliphatic carbocycles. The molecule has 0 saturated carbocycles. The molecule has 1 saturated heterocycles. The molecule has 2 unspecified atom stereocenters. The molecule has 1 aliphatic rings. The van der Waals surface area contributed by atoms with Crippen LogP contribution in [0, 0.1) is 0 Å². The van der Waals surface area contributed by atoms with E-state index in [0.717, 1.165) is 26.1 Å². The van der Waals surface area contributed by atoms with Gasteiger partial charge in [-0.25, -0.2) is 0 Å². The van der Waals surface area contributed by atoms with Gasteiger partial charge in [0.15, 0.2) is 0 Å². The zero-order chi connectivity index (χ0) is 15.1. The number of halogens is 2. The number of nitrogens with one attached hydrogen (secondary N) is 1. The van der Waals surface area contributed by atoms with Crippen molar-refractivity contribution in [2.45, 2.75) is 32.0 Å². The van der Waals surface area contributed by atoms with E-state index in [1.165, 1.54) is 5.56 Å². The molecule has 1 aliphatic heterocycles. The largest absolute Gasteiger partial charge is 0.373 e. The average molecular weight is 364 g/mol. The number of hydrogen-bond donors (Lipinski definition) is 2. The van der Waals surface area contributed by atoms with Crippen LogP contribution >= 0.6 is 24.8 Å². The minimum Gasteiger partial charge on any atom is -0.373 e. The van der Waals surface area contributed by atoms with Crippen LogP contribution in [0.15, 0.2) is 30.3 Å². The van der Waals surface area contributed by atoms with E-state index in [1.54, 1.807) is 0 Å². The highest BCUT2D eigenvalue weighted by atomic mass is 35.5. The zero-order valence-corrected chi connectivity index (χ0v) is 15.1. The molecule has 2 atom stereocenters. The summed E-state index contributed by atoms with van der Waals surface area (Å²) in [6, 6.07) is 10.4. The molecule has 0 aromatic heterocycles. The summed E-state index contributed by atoms with van der Waals surface area (Å²) in [5.41, 5.74) is 6.67. The molecule has 0 radical (unpaired) electrons. The molecule has 0 bridgehead atoms. The Labute approximate surface area is 150 Å². The molecule has 1 aromatic carbocycles. The van der Waals surface area contributed by atoms with Crippen LogP contribution < -0.4 is 11.1 Å². The van der Waals surface area contributed by atoms with E-state index in [0.29, 0.717) is 6.61 Å². The predicted molar refractivity (Wildman–Crippen MR) is 97.2 cm³/mol. The lowest BCUT2D eigenvalue weighted by Crippen LogP contribution is -2.53. The van der Waals surface area contributed by atoms with Crippen LogP contribution in [0.3, 0.4) is 0 Å². The maximum atomic E-state index is 11.5. The first-order valence-corrected chi connectivity index (χ1v) is 7.60. The number of nitrogens with two attached hydrogens (primary N) is 1. The first-order valence-electron chi connectivity index (χ1n) is 7.60. The molecule has 1 aromatic rings. The van der Waals surface area contributed by atoms with Gasteiger partial charge < -0.3 is 15.8 Å². The number of carbonyl (C=O) groups excluding carboxylic acids is 1. The monoisotopic (exact) mass is 363 g/mol. The topological polar surface area (TPSA) is 67.6 Å². The van der Waals surface area contributed by atoms with Gasteiger partial charge in [-0.3, -0.25) is 9.69 Å². The molecule has 132 valence electrons. The van der Waals surface area contributed by atoms with Crippen LogP contribution in [0.1, 0.15) is 18.9 Å². The van der Waals surface area contributed by atoms with E-state index in [-0.39, 0.29) is 49.4 Å². The highest BCUT2D eigenvalue weighted by Crippen LogP contribution is 2.14. The summed E-state index contributed by atoms with van der Waals surface area (Å²) in [5.74, 6) is -0.120. The number of hydrogen-bond acceptors (Lipinski definition) is 4. The van der Waals surface area contributed by atoms with Crippen LogP contribution in [0.4, 0.5) is 0 Å². The van der Waals surface area contributed by atoms with Gasteiger partial charge in [0.25, 0.3) is 0 Å². The summed E-state index contributed by atoms with van der Waals surface area (Å²) in [5, 5.41) is 2.95. The number of ether oxygens (including phenoxy) is 1. The maximum absolute atomic E-state index is 11.5. The zero-order valence-electron chi connectivity index (χ0n) is 13.4. The summed E-state index contributed by atoms with van der Waals surface area (Å²) >= 11 is 0. The van der Waals surface area contributed by atoms with Crippen LogP contribution in [-0.2, 0) is 16.1 Å². The van der Waals surface area contributed by atoms with Crippen LogP contribution in [-0.4, -0.2) is 49.2 Å². The van der Waals surface area contributed by atoms with E-state index >= 15 is 0 Å². The minimum absolute atomic E-state index is 0. The Morgan fingerprint density at radius 3 is 2.70 bits per heavy atom. The van der Waals surface area contributed by atoms with E-state index in [2.05, 4.69) is 41.4 Å². The minimum atomic E-state index is -0.120. The molecule has 7 heteroatoms. The summed E-state index contributed by atoms with van der Waals surface area (Å²) in [7, 11) is 0. The van der Waals surface area contributed by atoms with Crippen molar-refractivity contribution in [3.05, 3.63) is 35.9 Å². The van der Waals surface area contributed by atoms with Crippen molar-refractivity contribution in [1.29, 1.82) is 0 Å². The number of carbonyl (C=O) groups is 1. The fraction of sp³-hybridized carbons (Fsp3) is 0.562. The second-order valence-electron chi connectivity index (χ2n) is 5.42. The predicted octanol–water partition coefficient (Wildman–Crippen LogP) is 1.58. The van der Waals surface area contributed by atoms with Crippen LogP contribution in [0.5, 0.6) is 0 Å². The molecule has 23 heavy (non-hydrogen) atoms. The van der Waals surface area contributed by atoms with Gasteiger partial charge in [-0.15, -0.1) is 24.8 Å². The summed E-state index contributed by atoms with van der Waals surface area (Å²) in [6.45, 7) is 5.46. The van der Waals surface area contributed by atoms with E-state index in [9.17, 15) is 4.79 Å². The second-order valence-corrected chi connectivity index (χ2v) is 5.42. The average Bonchev–Trinajstić information content (AvgIpc) is 2.53. The Hall–Kier alpha value is -0.850. The van der Waals surface area contributed by atoms with E-state index in [1.807, 2.05) is 6.07 Å². The Morgan fingerprint density at radius 1 is 1.39 bits per heavy atom. The Balaban J connectivity index is 0.00000242. The number of benzene rings is 1. The smallest absolute Gasteiger partial charge is 0.234 e. The Kier molecular flexibility index (Phi) is 11.2. The third-order valence-electron chi connectivity index (χ3n) is 3.85.